The monoisotopic (exact) mass is 373 g/mol. The van der Waals surface area contributed by atoms with Gasteiger partial charge in [-0.15, -0.1) is 0 Å². The molecule has 1 aliphatic rings. The molecule has 0 atom stereocenters. The number of nitro benzene ring substituents is 1. The van der Waals surface area contributed by atoms with Crippen molar-refractivity contribution in [2.75, 3.05) is 13.2 Å². The highest BCUT2D eigenvalue weighted by molar-refractivity contribution is 6.32. The van der Waals surface area contributed by atoms with Gasteiger partial charge in [0.1, 0.15) is 13.2 Å². The summed E-state index contributed by atoms with van der Waals surface area (Å²) in [5.41, 5.74) is 0.627. The molecule has 0 radical (unpaired) electrons. The summed E-state index contributed by atoms with van der Waals surface area (Å²) in [6.45, 7) is 1.10. The summed E-state index contributed by atoms with van der Waals surface area (Å²) in [4.78, 5) is 27.1. The van der Waals surface area contributed by atoms with Crippen LogP contribution in [-0.2, 0) is 6.54 Å². The summed E-state index contributed by atoms with van der Waals surface area (Å²) in [6.07, 6.45) is 1.36. The maximum absolute atomic E-state index is 12.7. The third-order valence-electron chi connectivity index (χ3n) is 4.03. The van der Waals surface area contributed by atoms with Crippen LogP contribution in [0.3, 0.4) is 0 Å². The minimum Gasteiger partial charge on any atom is -0.486 e. The summed E-state index contributed by atoms with van der Waals surface area (Å²) in [6, 6.07) is 7.46. The van der Waals surface area contributed by atoms with Crippen LogP contribution in [0.2, 0.25) is 5.02 Å². The molecule has 0 fully saturated rings. The van der Waals surface area contributed by atoms with E-state index in [-0.39, 0.29) is 23.3 Å². The number of hydrogen-bond acceptors (Lipinski definition) is 6. The molecule has 0 saturated carbocycles. The van der Waals surface area contributed by atoms with Gasteiger partial charge in [-0.1, -0.05) is 11.6 Å². The van der Waals surface area contributed by atoms with E-state index >= 15 is 0 Å². The zero-order valence-corrected chi connectivity index (χ0v) is 14.1. The van der Waals surface area contributed by atoms with Gasteiger partial charge in [-0.05, 0) is 23.8 Å². The highest BCUT2D eigenvalue weighted by Gasteiger charge is 2.17. The molecule has 1 aromatic heterocycles. The lowest BCUT2D eigenvalue weighted by atomic mass is 10.1. The molecule has 0 unspecified atom stereocenters. The molecule has 9 heteroatoms. The van der Waals surface area contributed by atoms with Crippen molar-refractivity contribution in [3.8, 4) is 11.5 Å². The fourth-order valence-electron chi connectivity index (χ4n) is 2.83. The first-order valence-electron chi connectivity index (χ1n) is 7.74. The van der Waals surface area contributed by atoms with Crippen LogP contribution < -0.4 is 15.0 Å². The van der Waals surface area contributed by atoms with Crippen molar-refractivity contribution >= 4 is 28.2 Å². The van der Waals surface area contributed by atoms with Gasteiger partial charge in [0.25, 0.3) is 11.2 Å². The summed E-state index contributed by atoms with van der Waals surface area (Å²) in [5.74, 6) is 1.04. The molecule has 4 rings (SSSR count). The van der Waals surface area contributed by atoms with Crippen LogP contribution >= 0.6 is 11.6 Å². The maximum atomic E-state index is 12.7. The largest absolute Gasteiger partial charge is 0.486 e. The Labute approximate surface area is 151 Å². The van der Waals surface area contributed by atoms with Crippen LogP contribution in [-0.4, -0.2) is 27.7 Å². The topological polar surface area (TPSA) is 96.5 Å². The number of fused-ring (bicyclic) bond motifs is 2. The molecule has 0 spiro atoms. The van der Waals surface area contributed by atoms with Crippen LogP contribution in [0.5, 0.6) is 11.5 Å². The van der Waals surface area contributed by atoms with Gasteiger partial charge in [-0.25, -0.2) is 4.98 Å². The Morgan fingerprint density at radius 1 is 1.23 bits per heavy atom. The fourth-order valence-corrected chi connectivity index (χ4v) is 3.11. The number of nitro groups is 1. The summed E-state index contributed by atoms with van der Waals surface area (Å²) < 4.78 is 12.4. The van der Waals surface area contributed by atoms with Gasteiger partial charge in [0.15, 0.2) is 11.5 Å². The van der Waals surface area contributed by atoms with Crippen molar-refractivity contribution in [2.45, 2.75) is 6.54 Å². The molecular formula is C17H12ClN3O5. The Morgan fingerprint density at radius 2 is 2.04 bits per heavy atom. The number of aromatic nitrogens is 2. The van der Waals surface area contributed by atoms with Gasteiger partial charge in [-0.3, -0.25) is 19.5 Å². The Kier molecular flexibility index (Phi) is 3.96. The average molecular weight is 374 g/mol. The van der Waals surface area contributed by atoms with E-state index in [1.54, 1.807) is 12.1 Å². The lowest BCUT2D eigenvalue weighted by Crippen LogP contribution is -2.21. The number of benzene rings is 2. The van der Waals surface area contributed by atoms with Crippen molar-refractivity contribution in [1.82, 2.24) is 9.55 Å². The first-order valence-corrected chi connectivity index (χ1v) is 8.12. The van der Waals surface area contributed by atoms with Crippen LogP contribution in [0.4, 0.5) is 5.69 Å². The van der Waals surface area contributed by atoms with E-state index in [1.807, 2.05) is 0 Å². The molecule has 2 heterocycles. The Hall–Kier alpha value is -3.13. The second-order valence-electron chi connectivity index (χ2n) is 5.74. The Morgan fingerprint density at radius 3 is 2.85 bits per heavy atom. The quantitative estimate of drug-likeness (QED) is 0.517. The van der Waals surface area contributed by atoms with Crippen molar-refractivity contribution in [3.05, 3.63) is 67.7 Å². The highest BCUT2D eigenvalue weighted by Crippen LogP contribution is 2.38. The van der Waals surface area contributed by atoms with Gasteiger partial charge in [0.05, 0.1) is 33.7 Å². The van der Waals surface area contributed by atoms with Crippen LogP contribution in [0.15, 0.2) is 41.5 Å². The molecule has 26 heavy (non-hydrogen) atoms. The van der Waals surface area contributed by atoms with E-state index in [4.69, 9.17) is 21.1 Å². The minimum absolute atomic E-state index is 0.110. The molecule has 2 aromatic carbocycles. The molecule has 0 bridgehead atoms. The summed E-state index contributed by atoms with van der Waals surface area (Å²) in [5, 5.41) is 11.6. The second kappa shape index (κ2) is 6.30. The normalized spacial score (nSPS) is 13.0. The predicted octanol–water partition coefficient (Wildman–Crippen LogP) is 2.78. The molecule has 0 amide bonds. The molecule has 0 saturated heterocycles. The molecule has 1 aliphatic heterocycles. The van der Waals surface area contributed by atoms with E-state index in [9.17, 15) is 14.9 Å². The van der Waals surface area contributed by atoms with Crippen molar-refractivity contribution in [2.24, 2.45) is 0 Å². The van der Waals surface area contributed by atoms with Crippen LogP contribution in [0, 0.1) is 10.1 Å². The van der Waals surface area contributed by atoms with Crippen LogP contribution in [0.1, 0.15) is 5.56 Å². The van der Waals surface area contributed by atoms with E-state index in [0.29, 0.717) is 35.1 Å². The molecule has 0 N–H and O–H groups in total. The van der Waals surface area contributed by atoms with E-state index in [2.05, 4.69) is 4.98 Å². The predicted molar refractivity (Wildman–Crippen MR) is 94.2 cm³/mol. The van der Waals surface area contributed by atoms with E-state index in [0.717, 1.165) is 5.56 Å². The van der Waals surface area contributed by atoms with Gasteiger partial charge >= 0.3 is 0 Å². The number of ether oxygens (including phenoxy) is 2. The number of non-ortho nitro benzene ring substituents is 1. The standard InChI is InChI=1S/C17H12ClN3O5/c18-13-5-10(6-15-16(13)26-4-3-25-15)8-20-9-19-14-7-11(21(23)24)1-2-12(14)17(20)22/h1-2,5-7,9H,3-4,8H2. The maximum Gasteiger partial charge on any atom is 0.271 e. The van der Waals surface area contributed by atoms with Crippen molar-refractivity contribution in [1.29, 1.82) is 0 Å². The molecule has 0 aliphatic carbocycles. The first-order chi connectivity index (χ1) is 12.5. The third-order valence-corrected chi connectivity index (χ3v) is 4.31. The zero-order chi connectivity index (χ0) is 18.3. The number of halogens is 1. The Bertz CT molecular complexity index is 1100. The number of hydrogen-bond donors (Lipinski definition) is 0. The first kappa shape index (κ1) is 16.3. The van der Waals surface area contributed by atoms with Crippen molar-refractivity contribution < 1.29 is 14.4 Å². The van der Waals surface area contributed by atoms with Crippen LogP contribution in [0.25, 0.3) is 10.9 Å². The SMILES string of the molecule is O=c1c2ccc([N+](=O)[O-])cc2ncn1Cc1cc(Cl)c2c(c1)OCCO2. The van der Waals surface area contributed by atoms with Crippen molar-refractivity contribution in [3.63, 3.8) is 0 Å². The lowest BCUT2D eigenvalue weighted by Gasteiger charge is -2.20. The number of nitrogens with zero attached hydrogens (tertiary/aromatic N) is 3. The summed E-state index contributed by atoms with van der Waals surface area (Å²) in [7, 11) is 0. The fraction of sp³-hybridized carbons (Fsp3) is 0.176. The molecule has 3 aromatic rings. The number of rotatable bonds is 3. The van der Waals surface area contributed by atoms with Gasteiger partial charge in [-0.2, -0.15) is 0 Å². The molecule has 132 valence electrons. The Balaban J connectivity index is 1.73. The smallest absolute Gasteiger partial charge is 0.271 e. The third kappa shape index (κ3) is 2.84. The minimum atomic E-state index is -0.524. The second-order valence-corrected chi connectivity index (χ2v) is 6.15. The van der Waals surface area contributed by atoms with Gasteiger partial charge in [0, 0.05) is 12.1 Å². The average Bonchev–Trinajstić information content (AvgIpc) is 2.64. The van der Waals surface area contributed by atoms with E-state index < -0.39 is 4.92 Å². The van der Waals surface area contributed by atoms with Gasteiger partial charge in [0.2, 0.25) is 0 Å². The van der Waals surface area contributed by atoms with Gasteiger partial charge < -0.3 is 9.47 Å². The molecular weight excluding hydrogens is 362 g/mol. The highest BCUT2D eigenvalue weighted by atomic mass is 35.5. The lowest BCUT2D eigenvalue weighted by molar-refractivity contribution is -0.384. The zero-order valence-electron chi connectivity index (χ0n) is 13.3. The van der Waals surface area contributed by atoms with E-state index in [1.165, 1.54) is 29.1 Å². The summed E-state index contributed by atoms with van der Waals surface area (Å²) >= 11 is 6.22. The molecule has 8 nitrogen and oxygen atoms in total.